The summed E-state index contributed by atoms with van der Waals surface area (Å²) < 4.78 is 5.62. The first kappa shape index (κ1) is 8.25. The maximum atomic E-state index is 10.4. The van der Waals surface area contributed by atoms with E-state index in [0.29, 0.717) is 0 Å². The van der Waals surface area contributed by atoms with Crippen molar-refractivity contribution >= 4 is 35.3 Å². The fourth-order valence-corrected chi connectivity index (χ4v) is 1.80. The van der Waals surface area contributed by atoms with Crippen LogP contribution in [-0.4, -0.2) is 18.7 Å². The molecule has 0 amide bonds. The highest BCUT2D eigenvalue weighted by Crippen LogP contribution is 2.27. The number of carbonyl (C=O) groups excluding carboxylic acids is 1. The van der Waals surface area contributed by atoms with Crippen molar-refractivity contribution in [2.45, 2.75) is 0 Å². The van der Waals surface area contributed by atoms with Gasteiger partial charge in [0.15, 0.2) is 0 Å². The minimum atomic E-state index is -0.834. The van der Waals surface area contributed by atoms with E-state index in [1.807, 2.05) is 24.3 Å². The lowest BCUT2D eigenvalue weighted by atomic mass is 10.2. The van der Waals surface area contributed by atoms with E-state index in [-0.39, 0.29) is 5.19 Å². The van der Waals surface area contributed by atoms with Crippen LogP contribution < -0.4 is 4.74 Å². The van der Waals surface area contributed by atoms with Crippen LogP contribution >= 0.6 is 11.3 Å². The van der Waals surface area contributed by atoms with E-state index in [2.05, 4.69) is 9.72 Å². The fraction of sp³-hybridized carbons (Fsp3) is 0. The van der Waals surface area contributed by atoms with E-state index in [4.69, 9.17) is 7.85 Å². The molecular formula is C8H4BNO2S. The largest absolute Gasteiger partial charge is 0.408 e. The van der Waals surface area contributed by atoms with Gasteiger partial charge in [0.1, 0.15) is 0 Å². The molecule has 0 atom stereocenters. The minimum Gasteiger partial charge on any atom is -0.408 e. The number of hydrogen-bond donors (Lipinski definition) is 0. The maximum Gasteiger partial charge on any atom is 0.281 e. The molecule has 3 nitrogen and oxygen atoms in total. The summed E-state index contributed by atoms with van der Waals surface area (Å²) in [6.07, 6.45) is 0. The van der Waals surface area contributed by atoms with Crippen LogP contribution in [0, 0.1) is 0 Å². The number of fused-ring (bicyclic) bond motifs is 1. The van der Waals surface area contributed by atoms with Crippen molar-refractivity contribution in [3.63, 3.8) is 0 Å². The summed E-state index contributed by atoms with van der Waals surface area (Å²) in [5, 5.41) is 0.286. The van der Waals surface area contributed by atoms with Crippen molar-refractivity contribution in [2.24, 2.45) is 0 Å². The smallest absolute Gasteiger partial charge is 0.281 e. The zero-order chi connectivity index (χ0) is 9.26. The van der Waals surface area contributed by atoms with Gasteiger partial charge in [-0.25, -0.2) is 4.98 Å². The molecule has 0 fully saturated rings. The highest BCUT2D eigenvalue weighted by molar-refractivity contribution is 7.20. The Hall–Kier alpha value is -1.36. The summed E-state index contributed by atoms with van der Waals surface area (Å²) in [5.41, 5.74) is 0.809. The second-order valence-electron chi connectivity index (χ2n) is 2.37. The SMILES string of the molecule is [B]C(=O)Oc1nc2ccccc2s1. The lowest BCUT2D eigenvalue weighted by Gasteiger charge is -1.91. The van der Waals surface area contributed by atoms with Gasteiger partial charge in [0.25, 0.3) is 5.19 Å². The quantitative estimate of drug-likeness (QED) is 0.643. The fourth-order valence-electron chi connectivity index (χ4n) is 0.981. The van der Waals surface area contributed by atoms with Gasteiger partial charge in [0, 0.05) is 0 Å². The molecule has 2 rings (SSSR count). The Morgan fingerprint density at radius 3 is 2.92 bits per heavy atom. The van der Waals surface area contributed by atoms with Crippen molar-refractivity contribution < 1.29 is 9.53 Å². The van der Waals surface area contributed by atoms with Gasteiger partial charge >= 0.3 is 0 Å². The number of benzene rings is 1. The zero-order valence-corrected chi connectivity index (χ0v) is 7.38. The average molecular weight is 189 g/mol. The van der Waals surface area contributed by atoms with Gasteiger partial charge in [-0.15, -0.1) is 0 Å². The van der Waals surface area contributed by atoms with Crippen molar-refractivity contribution in [3.05, 3.63) is 24.3 Å². The van der Waals surface area contributed by atoms with E-state index < -0.39 is 5.87 Å². The number of nitrogens with zero attached hydrogens (tertiary/aromatic N) is 1. The topological polar surface area (TPSA) is 39.2 Å². The van der Waals surface area contributed by atoms with Crippen LogP contribution in [0.2, 0.25) is 0 Å². The molecule has 62 valence electrons. The third-order valence-corrected chi connectivity index (χ3v) is 2.38. The highest BCUT2D eigenvalue weighted by atomic mass is 32.1. The van der Waals surface area contributed by atoms with Crippen LogP contribution in [-0.2, 0) is 0 Å². The minimum absolute atomic E-state index is 0.286. The van der Waals surface area contributed by atoms with Crippen LogP contribution in [0.4, 0.5) is 4.79 Å². The Morgan fingerprint density at radius 2 is 2.23 bits per heavy atom. The molecule has 0 saturated carbocycles. The van der Waals surface area contributed by atoms with E-state index in [0.717, 1.165) is 10.2 Å². The normalized spacial score (nSPS) is 10.2. The average Bonchev–Trinajstić information content (AvgIpc) is 2.44. The molecule has 0 aliphatic rings. The molecule has 5 heteroatoms. The summed E-state index contributed by atoms with van der Waals surface area (Å²) >= 11 is 1.29. The van der Waals surface area contributed by atoms with Crippen LogP contribution in [0.5, 0.6) is 5.19 Å². The molecule has 13 heavy (non-hydrogen) atoms. The number of rotatable bonds is 1. The van der Waals surface area contributed by atoms with Gasteiger partial charge in [-0.1, -0.05) is 23.5 Å². The van der Waals surface area contributed by atoms with Gasteiger partial charge in [-0.05, 0) is 12.1 Å². The van der Waals surface area contributed by atoms with Crippen LogP contribution in [0.25, 0.3) is 10.2 Å². The third-order valence-electron chi connectivity index (χ3n) is 1.46. The molecule has 0 unspecified atom stereocenters. The predicted molar refractivity (Wildman–Crippen MR) is 51.4 cm³/mol. The molecule has 0 aliphatic heterocycles. The van der Waals surface area contributed by atoms with Gasteiger partial charge in [-0.3, -0.25) is 4.79 Å². The van der Waals surface area contributed by atoms with E-state index in [1.54, 1.807) is 0 Å². The lowest BCUT2D eigenvalue weighted by molar-refractivity contribution is 0.225. The monoisotopic (exact) mass is 189 g/mol. The zero-order valence-electron chi connectivity index (χ0n) is 6.56. The van der Waals surface area contributed by atoms with Gasteiger partial charge in [0.05, 0.1) is 10.2 Å². The van der Waals surface area contributed by atoms with Crippen molar-refractivity contribution in [2.75, 3.05) is 0 Å². The van der Waals surface area contributed by atoms with E-state index in [1.165, 1.54) is 11.3 Å². The first-order valence-corrected chi connectivity index (χ1v) is 4.40. The molecule has 0 N–H and O–H groups in total. The molecule has 0 bridgehead atoms. The molecular weight excluding hydrogens is 185 g/mol. The van der Waals surface area contributed by atoms with Crippen molar-refractivity contribution in [3.8, 4) is 5.19 Å². The summed E-state index contributed by atoms with van der Waals surface area (Å²) in [6.45, 7) is 0. The Morgan fingerprint density at radius 1 is 1.46 bits per heavy atom. The summed E-state index contributed by atoms with van der Waals surface area (Å²) in [5.74, 6) is -0.834. The summed E-state index contributed by atoms with van der Waals surface area (Å²) in [7, 11) is 4.85. The number of hydrogen-bond acceptors (Lipinski definition) is 4. The Kier molecular flexibility index (Phi) is 2.02. The number of thiazole rings is 1. The number of ether oxygens (including phenoxy) is 1. The van der Waals surface area contributed by atoms with Gasteiger partial charge in [0.2, 0.25) is 13.7 Å². The summed E-state index contributed by atoms with van der Waals surface area (Å²) in [4.78, 5) is 14.5. The Bertz CT molecular complexity index is 421. The third kappa shape index (κ3) is 1.70. The summed E-state index contributed by atoms with van der Waals surface area (Å²) in [6, 6.07) is 7.52. The van der Waals surface area contributed by atoms with E-state index >= 15 is 0 Å². The maximum absolute atomic E-state index is 10.4. The Labute approximate surface area is 79.8 Å². The molecule has 2 aromatic rings. The second kappa shape index (κ2) is 3.18. The molecule has 2 radical (unpaired) electrons. The lowest BCUT2D eigenvalue weighted by Crippen LogP contribution is -2.03. The van der Waals surface area contributed by atoms with Crippen molar-refractivity contribution in [1.29, 1.82) is 0 Å². The molecule has 0 aliphatic carbocycles. The van der Waals surface area contributed by atoms with Gasteiger partial charge in [-0.2, -0.15) is 0 Å². The number of para-hydroxylation sites is 1. The first-order valence-electron chi connectivity index (χ1n) is 3.58. The number of aromatic nitrogens is 1. The van der Waals surface area contributed by atoms with Crippen LogP contribution in [0.15, 0.2) is 24.3 Å². The molecule has 0 spiro atoms. The van der Waals surface area contributed by atoms with Crippen LogP contribution in [0.3, 0.4) is 0 Å². The molecule has 1 heterocycles. The van der Waals surface area contributed by atoms with Gasteiger partial charge < -0.3 is 4.74 Å². The standard InChI is InChI=1S/C8H4BNO2S/c9-7(11)12-8-10-5-3-1-2-4-6(5)13-8/h1-4H. The second-order valence-corrected chi connectivity index (χ2v) is 3.36. The molecule has 1 aromatic heterocycles. The highest BCUT2D eigenvalue weighted by Gasteiger charge is 2.04. The van der Waals surface area contributed by atoms with Crippen molar-refractivity contribution in [1.82, 2.24) is 4.98 Å². The predicted octanol–water partition coefficient (Wildman–Crippen LogP) is 1.96. The Balaban J connectivity index is 2.44. The van der Waals surface area contributed by atoms with E-state index in [9.17, 15) is 4.79 Å². The number of carbonyl (C=O) groups is 1. The molecule has 0 saturated heterocycles. The van der Waals surface area contributed by atoms with Crippen LogP contribution in [0.1, 0.15) is 0 Å². The molecule has 1 aromatic carbocycles. The first-order chi connectivity index (χ1) is 6.25.